The van der Waals surface area contributed by atoms with Crippen LogP contribution in [0.5, 0.6) is 0 Å². The van der Waals surface area contributed by atoms with Gasteiger partial charge in [-0.3, -0.25) is 4.79 Å². The van der Waals surface area contributed by atoms with E-state index in [9.17, 15) is 19.5 Å². The van der Waals surface area contributed by atoms with Crippen LogP contribution in [0.1, 0.15) is 16.1 Å². The smallest absolute Gasteiger partial charge is 0.333 e. The molecule has 0 radical (unpaired) electrons. The molecule has 2 heterocycles. The summed E-state index contributed by atoms with van der Waals surface area (Å²) in [4.78, 5) is 36.7. The van der Waals surface area contributed by atoms with E-state index in [1.807, 2.05) is 0 Å². The molecule has 144 valence electrons. The number of halogens is 1. The number of hydrogen-bond donors (Lipinski definition) is 1. The van der Waals surface area contributed by atoms with Crippen LogP contribution in [0.15, 0.2) is 70.8 Å². The first-order valence-electron chi connectivity index (χ1n) is 8.47. The number of furan rings is 1. The minimum atomic E-state index is -1.26. The average molecular weight is 408 g/mol. The van der Waals surface area contributed by atoms with Gasteiger partial charge in [-0.05, 0) is 42.0 Å². The monoisotopic (exact) mass is 407 g/mol. The van der Waals surface area contributed by atoms with Crippen LogP contribution in [0.3, 0.4) is 0 Å². The highest BCUT2D eigenvalue weighted by molar-refractivity contribution is 6.31. The second kappa shape index (κ2) is 7.29. The van der Waals surface area contributed by atoms with Crippen molar-refractivity contribution in [1.82, 2.24) is 5.32 Å². The van der Waals surface area contributed by atoms with Gasteiger partial charge in [-0.25, -0.2) is 9.69 Å². The Bertz CT molecular complexity index is 1150. The highest BCUT2D eigenvalue weighted by Crippen LogP contribution is 2.26. The molecule has 29 heavy (non-hydrogen) atoms. The molecule has 0 saturated carbocycles. The maximum atomic E-state index is 12.6. The molecule has 0 atom stereocenters. The average Bonchev–Trinajstić information content (AvgIpc) is 3.28. The lowest BCUT2D eigenvalue weighted by atomic mass is 10.1. The number of imide groups is 1. The zero-order chi connectivity index (χ0) is 20.5. The van der Waals surface area contributed by atoms with Crippen LogP contribution in [0.25, 0.3) is 17.4 Å². The summed E-state index contributed by atoms with van der Waals surface area (Å²) in [7, 11) is 0. The number of nitrogens with zero attached hydrogens (tertiary/aromatic N) is 1. The van der Waals surface area contributed by atoms with E-state index in [0.717, 1.165) is 4.90 Å². The fraction of sp³-hybridized carbons (Fsp3) is 0. The number of aromatic carboxylic acids is 1. The zero-order valence-corrected chi connectivity index (χ0v) is 15.5. The van der Waals surface area contributed by atoms with Crippen LogP contribution in [0, 0.1) is 0 Å². The molecule has 1 aromatic heterocycles. The Morgan fingerprint density at radius 2 is 1.69 bits per heavy atom. The van der Waals surface area contributed by atoms with Gasteiger partial charge in [0.1, 0.15) is 17.2 Å². The van der Waals surface area contributed by atoms with Crippen molar-refractivity contribution in [2.75, 3.05) is 4.90 Å². The van der Waals surface area contributed by atoms with Gasteiger partial charge in [0.05, 0.1) is 11.7 Å². The number of urea groups is 1. The summed E-state index contributed by atoms with van der Waals surface area (Å²) in [6, 6.07) is 15.1. The first-order valence-corrected chi connectivity index (χ1v) is 8.84. The molecule has 0 aliphatic carbocycles. The summed E-state index contributed by atoms with van der Waals surface area (Å²) < 4.78 is 5.69. The van der Waals surface area contributed by atoms with Crippen molar-refractivity contribution in [3.05, 3.63) is 82.7 Å². The number of rotatable bonds is 4. The lowest BCUT2D eigenvalue weighted by Crippen LogP contribution is -2.30. The molecule has 3 amide bonds. The van der Waals surface area contributed by atoms with Crippen molar-refractivity contribution in [2.24, 2.45) is 0 Å². The Hall–Kier alpha value is -3.84. The van der Waals surface area contributed by atoms with Gasteiger partial charge in [0, 0.05) is 16.7 Å². The van der Waals surface area contributed by atoms with Crippen LogP contribution in [0.4, 0.5) is 10.5 Å². The summed E-state index contributed by atoms with van der Waals surface area (Å²) in [6.07, 6.45) is 1.43. The van der Waals surface area contributed by atoms with Gasteiger partial charge in [0.15, 0.2) is 0 Å². The number of carboxylic acid groups (broad SMARTS) is 1. The predicted octanol–water partition coefficient (Wildman–Crippen LogP) is 3.06. The number of hydrogen-bond acceptors (Lipinski definition) is 5. The molecule has 0 unspecified atom stereocenters. The maximum absolute atomic E-state index is 12.6. The molecule has 4 rings (SSSR count). The van der Waals surface area contributed by atoms with Crippen LogP contribution in [0.2, 0.25) is 5.02 Å². The van der Waals surface area contributed by atoms with Crippen molar-refractivity contribution < 1.29 is 23.9 Å². The second-order valence-electron chi connectivity index (χ2n) is 6.17. The van der Waals surface area contributed by atoms with Gasteiger partial charge in [0.25, 0.3) is 5.91 Å². The molecular formula is C21H12ClN2O5-. The van der Waals surface area contributed by atoms with E-state index in [-0.39, 0.29) is 11.3 Å². The number of carbonyl (C=O) groups is 3. The molecule has 0 bridgehead atoms. The summed E-state index contributed by atoms with van der Waals surface area (Å²) in [5.41, 5.74) is 1.18. The summed E-state index contributed by atoms with van der Waals surface area (Å²) in [5, 5.41) is 13.8. The first kappa shape index (κ1) is 18.5. The lowest BCUT2D eigenvalue weighted by molar-refractivity contribution is -0.255. The van der Waals surface area contributed by atoms with E-state index in [0.29, 0.717) is 27.8 Å². The van der Waals surface area contributed by atoms with Crippen LogP contribution < -0.4 is 15.3 Å². The van der Waals surface area contributed by atoms with Crippen molar-refractivity contribution >= 4 is 41.3 Å². The highest BCUT2D eigenvalue weighted by Gasteiger charge is 2.35. The molecule has 1 N–H and O–H groups in total. The Morgan fingerprint density at radius 1 is 1.00 bits per heavy atom. The van der Waals surface area contributed by atoms with E-state index in [4.69, 9.17) is 16.0 Å². The van der Waals surface area contributed by atoms with Gasteiger partial charge in [-0.15, -0.1) is 0 Å². The summed E-state index contributed by atoms with van der Waals surface area (Å²) >= 11 is 5.84. The van der Waals surface area contributed by atoms with Gasteiger partial charge < -0.3 is 19.6 Å². The Morgan fingerprint density at radius 3 is 2.34 bits per heavy atom. The van der Waals surface area contributed by atoms with Gasteiger partial charge in [-0.2, -0.15) is 0 Å². The molecule has 1 aliphatic rings. The maximum Gasteiger partial charge on any atom is 0.333 e. The topological polar surface area (TPSA) is 103 Å². The van der Waals surface area contributed by atoms with Crippen molar-refractivity contribution in [1.29, 1.82) is 0 Å². The molecule has 2 aromatic carbocycles. The van der Waals surface area contributed by atoms with Crippen molar-refractivity contribution in [3.8, 4) is 11.3 Å². The largest absolute Gasteiger partial charge is 0.545 e. The van der Waals surface area contributed by atoms with E-state index in [2.05, 4.69) is 5.32 Å². The molecule has 3 aromatic rings. The third-order valence-electron chi connectivity index (χ3n) is 4.28. The van der Waals surface area contributed by atoms with Crippen molar-refractivity contribution in [3.63, 3.8) is 0 Å². The first-order chi connectivity index (χ1) is 13.9. The second-order valence-corrected chi connectivity index (χ2v) is 6.61. The van der Waals surface area contributed by atoms with E-state index < -0.39 is 17.9 Å². The lowest BCUT2D eigenvalue weighted by Gasteiger charge is -2.11. The molecule has 1 aliphatic heterocycles. The number of nitrogens with one attached hydrogen (secondary N) is 1. The van der Waals surface area contributed by atoms with E-state index >= 15 is 0 Å². The molecule has 1 saturated heterocycles. The Balaban J connectivity index is 1.57. The summed E-state index contributed by atoms with van der Waals surface area (Å²) in [5.74, 6) is -0.950. The highest BCUT2D eigenvalue weighted by atomic mass is 35.5. The van der Waals surface area contributed by atoms with Gasteiger partial charge in [0.2, 0.25) is 0 Å². The minimum Gasteiger partial charge on any atom is -0.545 e. The van der Waals surface area contributed by atoms with Gasteiger partial charge in [-0.1, -0.05) is 35.9 Å². The van der Waals surface area contributed by atoms with Crippen LogP contribution in [-0.2, 0) is 4.79 Å². The molecule has 0 spiro atoms. The Labute approximate surface area is 169 Å². The molecular weight excluding hydrogens is 396 g/mol. The number of anilines is 1. The summed E-state index contributed by atoms with van der Waals surface area (Å²) in [6.45, 7) is 0. The number of benzene rings is 2. The molecule has 8 heteroatoms. The van der Waals surface area contributed by atoms with Crippen LogP contribution >= 0.6 is 11.6 Å². The molecule has 7 nitrogen and oxygen atoms in total. The van der Waals surface area contributed by atoms with E-state index in [1.54, 1.807) is 48.5 Å². The number of amides is 3. The third-order valence-corrected chi connectivity index (χ3v) is 4.53. The fourth-order valence-electron chi connectivity index (χ4n) is 2.86. The Kier molecular flexibility index (Phi) is 4.66. The quantitative estimate of drug-likeness (QED) is 0.529. The van der Waals surface area contributed by atoms with Gasteiger partial charge >= 0.3 is 6.03 Å². The minimum absolute atomic E-state index is 0.0594. The third kappa shape index (κ3) is 3.63. The van der Waals surface area contributed by atoms with Crippen molar-refractivity contribution in [2.45, 2.75) is 0 Å². The number of carbonyl (C=O) groups excluding carboxylic acids is 3. The van der Waals surface area contributed by atoms with E-state index in [1.165, 1.54) is 18.2 Å². The SMILES string of the molecule is O=C([O-])c1ccc(-c2ccc(/C=C3/NC(=O)N(c4ccc(Cl)cc4)C3=O)o2)cc1. The zero-order valence-electron chi connectivity index (χ0n) is 14.7. The number of carboxylic acids is 1. The van der Waals surface area contributed by atoms with Crippen LogP contribution in [-0.4, -0.2) is 17.9 Å². The standard InChI is InChI=1S/C21H13ClN2O5/c22-14-5-7-15(8-6-14)24-19(25)17(23-21(24)28)11-16-9-10-18(29-16)12-1-3-13(4-2-12)20(26)27/h1-11H,(H,23,28)(H,26,27)/p-1/b17-11+. The molecule has 1 fully saturated rings. The predicted molar refractivity (Wildman–Crippen MR) is 104 cm³/mol. The fourth-order valence-corrected chi connectivity index (χ4v) is 2.98. The normalized spacial score (nSPS) is 15.1.